The lowest BCUT2D eigenvalue weighted by Crippen LogP contribution is -2.31. The minimum atomic E-state index is -1.76. The van der Waals surface area contributed by atoms with E-state index < -0.39 is 26.9 Å². The van der Waals surface area contributed by atoms with Crippen LogP contribution in [0.4, 0.5) is 0 Å². The summed E-state index contributed by atoms with van der Waals surface area (Å²) >= 11 is 38.5. The number of nitrogens with one attached hydrogen (secondary N) is 1. The SMILES string of the molecule is CC(C)(C)OC(=N)C(Cl)(Cl)Cl.CC(C)(C)OC(=O)c1nc(Cl)ccc1Cl.O=C(O)c1nc(Cl)ccc1Cl. The molecule has 0 radical (unpaired) electrons. The van der Waals surface area contributed by atoms with Gasteiger partial charge in [-0.25, -0.2) is 19.6 Å². The van der Waals surface area contributed by atoms with Gasteiger partial charge in [-0.2, -0.15) is 0 Å². The summed E-state index contributed by atoms with van der Waals surface area (Å²) in [5, 5.41) is 16.3. The maximum atomic E-state index is 11.6. The topological polar surface area (TPSA) is 122 Å². The number of rotatable bonds is 2. The Bertz CT molecular complexity index is 1110. The third-order valence-corrected chi connectivity index (χ3v) is 4.63. The predicted octanol–water partition coefficient (Wildman–Crippen LogP) is 8.58. The van der Waals surface area contributed by atoms with E-state index in [-0.39, 0.29) is 37.6 Å². The highest BCUT2D eigenvalue weighted by Crippen LogP contribution is 2.29. The average Bonchev–Trinajstić information content (AvgIpc) is 2.69. The molecule has 0 atom stereocenters. The highest BCUT2D eigenvalue weighted by atomic mass is 35.6. The summed E-state index contributed by atoms with van der Waals surface area (Å²) in [7, 11) is 0. The molecule has 8 nitrogen and oxygen atoms in total. The summed E-state index contributed by atoms with van der Waals surface area (Å²) in [5.41, 5.74) is -1.26. The fraction of sp³-hybridized carbons (Fsp3) is 0.409. The van der Waals surface area contributed by atoms with E-state index in [1.54, 1.807) is 41.5 Å². The number of aromatic carboxylic acids is 1. The van der Waals surface area contributed by atoms with Gasteiger partial charge < -0.3 is 14.6 Å². The van der Waals surface area contributed by atoms with Gasteiger partial charge in [0.1, 0.15) is 21.5 Å². The van der Waals surface area contributed by atoms with Crippen LogP contribution >= 0.6 is 81.2 Å². The normalized spacial score (nSPS) is 11.3. The van der Waals surface area contributed by atoms with Gasteiger partial charge in [-0.05, 0) is 65.8 Å². The van der Waals surface area contributed by atoms with Crippen LogP contribution < -0.4 is 0 Å². The van der Waals surface area contributed by atoms with Crippen molar-refractivity contribution in [3.8, 4) is 0 Å². The minimum absolute atomic E-state index is 0.0408. The largest absolute Gasteiger partial charge is 0.476 e. The zero-order chi connectivity index (χ0) is 29.4. The molecule has 2 aromatic heterocycles. The Kier molecular flexibility index (Phi) is 14.3. The molecule has 0 amide bonds. The quantitative estimate of drug-likeness (QED) is 0.109. The van der Waals surface area contributed by atoms with Crippen LogP contribution in [0, 0.1) is 5.41 Å². The Morgan fingerprint density at radius 3 is 1.43 bits per heavy atom. The number of carboxylic acids is 1. The van der Waals surface area contributed by atoms with E-state index in [0.717, 1.165) is 0 Å². The molecule has 0 spiro atoms. The summed E-state index contributed by atoms with van der Waals surface area (Å²) in [5.74, 6) is -2.11. The van der Waals surface area contributed by atoms with Gasteiger partial charge in [-0.15, -0.1) is 0 Å². The van der Waals surface area contributed by atoms with Crippen LogP contribution in [-0.4, -0.2) is 47.9 Å². The number of alkyl halides is 3. The molecule has 0 fully saturated rings. The van der Waals surface area contributed by atoms with Crippen LogP contribution in [0.5, 0.6) is 0 Å². The van der Waals surface area contributed by atoms with E-state index in [2.05, 4.69) is 9.97 Å². The lowest BCUT2D eigenvalue weighted by molar-refractivity contribution is 0.00628. The fourth-order valence-electron chi connectivity index (χ4n) is 1.82. The lowest BCUT2D eigenvalue weighted by atomic mass is 10.2. The third-order valence-electron chi connectivity index (χ3n) is 3.08. The van der Waals surface area contributed by atoms with Crippen molar-refractivity contribution in [3.05, 3.63) is 56.0 Å². The van der Waals surface area contributed by atoms with Crippen molar-refractivity contribution in [1.82, 2.24) is 9.97 Å². The number of hydrogen-bond acceptors (Lipinski definition) is 7. The highest BCUT2D eigenvalue weighted by molar-refractivity contribution is 6.76. The summed E-state index contributed by atoms with van der Waals surface area (Å²) in [4.78, 5) is 29.3. The number of esters is 1. The van der Waals surface area contributed by atoms with Crippen molar-refractivity contribution in [1.29, 1.82) is 5.41 Å². The van der Waals surface area contributed by atoms with Crippen LogP contribution in [0.25, 0.3) is 0 Å². The monoisotopic (exact) mass is 655 g/mol. The first-order chi connectivity index (χ1) is 16.5. The second-order valence-electron chi connectivity index (χ2n) is 8.78. The number of carbonyl (C=O) groups is 2. The van der Waals surface area contributed by atoms with E-state index in [1.165, 1.54) is 24.3 Å². The maximum absolute atomic E-state index is 11.6. The number of carboxylic acid groups (broad SMARTS) is 1. The predicted molar refractivity (Wildman–Crippen MR) is 149 cm³/mol. The van der Waals surface area contributed by atoms with Crippen molar-refractivity contribution < 1.29 is 24.2 Å². The van der Waals surface area contributed by atoms with Crippen LogP contribution in [0.2, 0.25) is 20.4 Å². The Morgan fingerprint density at radius 2 is 1.14 bits per heavy atom. The van der Waals surface area contributed by atoms with Crippen molar-refractivity contribution in [2.24, 2.45) is 0 Å². The van der Waals surface area contributed by atoms with Crippen molar-refractivity contribution in [2.45, 2.75) is 56.5 Å². The molecule has 0 aliphatic rings. The summed E-state index contributed by atoms with van der Waals surface area (Å²) in [6.45, 7) is 10.6. The van der Waals surface area contributed by atoms with Crippen molar-refractivity contribution >= 4 is 99.0 Å². The summed E-state index contributed by atoms with van der Waals surface area (Å²) in [6, 6.07) is 5.84. The molecule has 0 bridgehead atoms. The Labute approximate surface area is 249 Å². The molecule has 0 aliphatic heterocycles. The number of carbonyl (C=O) groups excluding carboxylic acids is 1. The Hall–Kier alpha value is -1.26. The van der Waals surface area contributed by atoms with E-state index in [0.29, 0.717) is 0 Å². The molecule has 15 heteroatoms. The third kappa shape index (κ3) is 15.7. The van der Waals surface area contributed by atoms with Gasteiger partial charge >= 0.3 is 11.9 Å². The van der Waals surface area contributed by atoms with Crippen molar-refractivity contribution in [3.63, 3.8) is 0 Å². The van der Waals surface area contributed by atoms with Gasteiger partial charge in [0.05, 0.1) is 10.0 Å². The molecule has 2 heterocycles. The number of ether oxygens (including phenoxy) is 2. The molecule has 37 heavy (non-hydrogen) atoms. The van der Waals surface area contributed by atoms with Gasteiger partial charge in [-0.3, -0.25) is 5.41 Å². The molecule has 0 saturated heterocycles. The van der Waals surface area contributed by atoms with Gasteiger partial charge in [0.2, 0.25) is 5.90 Å². The van der Waals surface area contributed by atoms with Crippen LogP contribution in [0.15, 0.2) is 24.3 Å². The molecule has 2 N–H and O–H groups in total. The molecule has 0 aromatic carbocycles. The number of halogens is 7. The van der Waals surface area contributed by atoms with Gasteiger partial charge in [-0.1, -0.05) is 81.2 Å². The second kappa shape index (κ2) is 14.8. The molecule has 0 saturated carbocycles. The average molecular weight is 659 g/mol. The lowest BCUT2D eigenvalue weighted by Gasteiger charge is -2.24. The van der Waals surface area contributed by atoms with E-state index in [9.17, 15) is 9.59 Å². The molecular formula is C22H24Cl7N3O5. The second-order valence-corrected chi connectivity index (χ2v) is 12.6. The summed E-state index contributed by atoms with van der Waals surface area (Å²) < 4.78 is 8.35. The van der Waals surface area contributed by atoms with E-state index in [1.807, 2.05) is 0 Å². The van der Waals surface area contributed by atoms with E-state index >= 15 is 0 Å². The summed E-state index contributed by atoms with van der Waals surface area (Å²) in [6.07, 6.45) is 0. The number of aromatic nitrogens is 2. The standard InChI is InChI=1S/C10H11Cl2NO2.C6H10Cl3NO.C6H3Cl2NO2/c1-10(2,3)15-9(14)8-6(11)4-5-7(12)13-8;1-5(2,3)11-4(10)6(7,8)9;7-3-1-2-4(8)9-5(3)6(10)11/h4-5H,1-3H3;10H,1-3H3;1-2H,(H,10,11). The first-order valence-corrected chi connectivity index (χ1v) is 12.6. The molecule has 206 valence electrons. The van der Waals surface area contributed by atoms with Crippen LogP contribution in [0.3, 0.4) is 0 Å². The number of pyridine rings is 2. The maximum Gasteiger partial charge on any atom is 0.359 e. The first kappa shape index (κ1) is 35.7. The smallest absolute Gasteiger partial charge is 0.359 e. The van der Waals surface area contributed by atoms with Crippen LogP contribution in [0.1, 0.15) is 62.5 Å². The fourth-order valence-corrected chi connectivity index (χ4v) is 2.60. The molecule has 2 aromatic rings. The zero-order valence-corrected chi connectivity index (χ0v) is 25.7. The minimum Gasteiger partial charge on any atom is -0.476 e. The molecule has 0 unspecified atom stereocenters. The van der Waals surface area contributed by atoms with E-state index in [4.69, 9.17) is 101 Å². The highest BCUT2D eigenvalue weighted by Gasteiger charge is 2.31. The van der Waals surface area contributed by atoms with Gasteiger partial charge in [0, 0.05) is 0 Å². The zero-order valence-electron chi connectivity index (χ0n) is 20.4. The molecule has 2 rings (SSSR count). The number of nitrogens with zero attached hydrogens (tertiary/aromatic N) is 2. The molecule has 0 aliphatic carbocycles. The van der Waals surface area contributed by atoms with Crippen LogP contribution in [-0.2, 0) is 9.47 Å². The van der Waals surface area contributed by atoms with Crippen molar-refractivity contribution in [2.75, 3.05) is 0 Å². The van der Waals surface area contributed by atoms with Gasteiger partial charge in [0.25, 0.3) is 3.79 Å². The Morgan fingerprint density at radius 1 is 0.757 bits per heavy atom. The molecular weight excluding hydrogens is 634 g/mol. The number of hydrogen-bond donors (Lipinski definition) is 2. The first-order valence-electron chi connectivity index (χ1n) is 9.99. The van der Waals surface area contributed by atoms with Gasteiger partial charge in [0.15, 0.2) is 11.4 Å². The Balaban J connectivity index is 0.000000536.